The van der Waals surface area contributed by atoms with E-state index in [2.05, 4.69) is 0 Å². The molecule has 0 saturated carbocycles. The van der Waals surface area contributed by atoms with Crippen LogP contribution in [0.25, 0.3) is 0 Å². The molecule has 0 N–H and O–H groups in total. The number of pyridine rings is 1. The van der Waals surface area contributed by atoms with E-state index in [0.29, 0.717) is 48.9 Å². The van der Waals surface area contributed by atoms with E-state index in [1.54, 1.807) is 50.0 Å². The second kappa shape index (κ2) is 9.11. The molecule has 1 aromatic carbocycles. The second-order valence-corrected chi connectivity index (χ2v) is 7.28. The molecule has 2 heterocycles. The first-order valence-electron chi connectivity index (χ1n) is 9.77. The van der Waals surface area contributed by atoms with Gasteiger partial charge in [-0.2, -0.15) is 0 Å². The first kappa shape index (κ1) is 21.5. The van der Waals surface area contributed by atoms with Crippen molar-refractivity contribution >= 4 is 5.91 Å². The summed E-state index contributed by atoms with van der Waals surface area (Å²) in [4.78, 5) is 26.2. The zero-order chi connectivity index (χ0) is 21.8. The number of hydrogen-bond donors (Lipinski definition) is 0. The van der Waals surface area contributed by atoms with Crippen LogP contribution < -0.4 is 24.5 Å². The quantitative estimate of drug-likeness (QED) is 0.654. The van der Waals surface area contributed by atoms with Crippen LogP contribution in [0.5, 0.6) is 23.0 Å². The van der Waals surface area contributed by atoms with Gasteiger partial charge in [-0.15, -0.1) is 0 Å². The summed E-state index contributed by atoms with van der Waals surface area (Å²) in [6.07, 6.45) is 0.715. The van der Waals surface area contributed by atoms with E-state index >= 15 is 0 Å². The Labute approximate surface area is 175 Å². The molecule has 0 unspecified atom stereocenters. The van der Waals surface area contributed by atoms with Gasteiger partial charge in [0.25, 0.3) is 5.56 Å². The summed E-state index contributed by atoms with van der Waals surface area (Å²) in [5.41, 5.74) is 1.55. The standard InChI is InChI=1S/C22H28N2O6/c1-14-8-16(11-22(26)23(14)2)30-17-12-24(13-17)21(25)7-6-18-19(28-4)9-15(27-3)10-20(18)29-5/h8-11,17H,6-7,12-13H2,1-5H3. The molecule has 0 atom stereocenters. The van der Waals surface area contributed by atoms with Gasteiger partial charge < -0.3 is 28.4 Å². The summed E-state index contributed by atoms with van der Waals surface area (Å²) in [6, 6.07) is 6.86. The molecule has 8 nitrogen and oxygen atoms in total. The fourth-order valence-electron chi connectivity index (χ4n) is 3.43. The van der Waals surface area contributed by atoms with Crippen LogP contribution in [0.4, 0.5) is 0 Å². The molecule has 0 bridgehead atoms. The number of likely N-dealkylation sites (tertiary alicyclic amines) is 1. The van der Waals surface area contributed by atoms with Gasteiger partial charge in [-0.1, -0.05) is 0 Å². The maximum absolute atomic E-state index is 12.6. The molecular weight excluding hydrogens is 388 g/mol. The molecule has 30 heavy (non-hydrogen) atoms. The lowest BCUT2D eigenvalue weighted by Gasteiger charge is -2.39. The van der Waals surface area contributed by atoms with Crippen molar-refractivity contribution < 1.29 is 23.7 Å². The number of benzene rings is 1. The number of carbonyl (C=O) groups excluding carboxylic acids is 1. The van der Waals surface area contributed by atoms with Crippen LogP contribution in [0.3, 0.4) is 0 Å². The minimum absolute atomic E-state index is 0.0370. The zero-order valence-corrected chi connectivity index (χ0v) is 18.1. The Bertz CT molecular complexity index is 953. The molecule has 1 aliphatic rings. The number of methoxy groups -OCH3 is 3. The van der Waals surface area contributed by atoms with Crippen molar-refractivity contribution in [2.45, 2.75) is 25.9 Å². The van der Waals surface area contributed by atoms with Crippen LogP contribution in [-0.4, -0.2) is 55.9 Å². The summed E-state index contributed by atoms with van der Waals surface area (Å²) < 4.78 is 23.5. The Morgan fingerprint density at radius 2 is 1.63 bits per heavy atom. The average molecular weight is 416 g/mol. The van der Waals surface area contributed by atoms with Gasteiger partial charge in [-0.25, -0.2) is 0 Å². The maximum atomic E-state index is 12.6. The summed E-state index contributed by atoms with van der Waals surface area (Å²) in [5, 5.41) is 0. The summed E-state index contributed by atoms with van der Waals surface area (Å²) in [5.74, 6) is 2.47. The van der Waals surface area contributed by atoms with Crippen LogP contribution >= 0.6 is 0 Å². The molecule has 3 rings (SSSR count). The lowest BCUT2D eigenvalue weighted by Crippen LogP contribution is -2.56. The predicted octanol–water partition coefficient (Wildman–Crippen LogP) is 1.94. The lowest BCUT2D eigenvalue weighted by atomic mass is 10.0. The zero-order valence-electron chi connectivity index (χ0n) is 18.1. The molecule has 1 fully saturated rings. The molecular formula is C22H28N2O6. The van der Waals surface area contributed by atoms with E-state index in [0.717, 1.165) is 11.3 Å². The first-order valence-corrected chi connectivity index (χ1v) is 9.77. The van der Waals surface area contributed by atoms with E-state index in [9.17, 15) is 9.59 Å². The number of aryl methyl sites for hydroxylation is 1. The van der Waals surface area contributed by atoms with E-state index in [-0.39, 0.29) is 17.6 Å². The minimum atomic E-state index is -0.111. The van der Waals surface area contributed by atoms with Crippen molar-refractivity contribution in [1.29, 1.82) is 0 Å². The molecule has 162 valence electrons. The van der Waals surface area contributed by atoms with Gasteiger partial charge in [0.2, 0.25) is 5.91 Å². The second-order valence-electron chi connectivity index (χ2n) is 7.28. The van der Waals surface area contributed by atoms with Crippen LogP contribution in [0.15, 0.2) is 29.1 Å². The number of carbonyl (C=O) groups is 1. The predicted molar refractivity (Wildman–Crippen MR) is 112 cm³/mol. The minimum Gasteiger partial charge on any atom is -0.496 e. The molecule has 1 amide bonds. The molecule has 0 spiro atoms. The maximum Gasteiger partial charge on any atom is 0.254 e. The van der Waals surface area contributed by atoms with Crippen molar-refractivity contribution in [1.82, 2.24) is 9.47 Å². The smallest absolute Gasteiger partial charge is 0.254 e. The third-order valence-corrected chi connectivity index (χ3v) is 5.39. The number of rotatable bonds is 8. The molecule has 2 aromatic rings. The van der Waals surface area contributed by atoms with Crippen molar-refractivity contribution in [3.63, 3.8) is 0 Å². The van der Waals surface area contributed by atoms with E-state index in [1.165, 1.54) is 6.07 Å². The number of amides is 1. The van der Waals surface area contributed by atoms with Crippen LogP contribution in [0, 0.1) is 6.92 Å². The highest BCUT2D eigenvalue weighted by molar-refractivity contribution is 5.77. The first-order chi connectivity index (χ1) is 14.4. The number of aromatic nitrogens is 1. The van der Waals surface area contributed by atoms with Crippen molar-refractivity contribution in [3.8, 4) is 23.0 Å². The number of nitrogens with zero attached hydrogens (tertiary/aromatic N) is 2. The Kier molecular flexibility index (Phi) is 6.54. The Hall–Kier alpha value is -3.16. The highest BCUT2D eigenvalue weighted by Gasteiger charge is 2.32. The van der Waals surface area contributed by atoms with Crippen LogP contribution in [0.2, 0.25) is 0 Å². The summed E-state index contributed by atoms with van der Waals surface area (Å²) >= 11 is 0. The topological polar surface area (TPSA) is 79.2 Å². The third kappa shape index (κ3) is 4.53. The summed E-state index contributed by atoms with van der Waals surface area (Å²) in [7, 11) is 6.46. The largest absolute Gasteiger partial charge is 0.496 e. The fourth-order valence-corrected chi connectivity index (χ4v) is 3.43. The normalized spacial score (nSPS) is 13.6. The van der Waals surface area contributed by atoms with Gasteiger partial charge in [0.05, 0.1) is 34.4 Å². The van der Waals surface area contributed by atoms with Gasteiger partial charge in [-0.05, 0) is 19.4 Å². The van der Waals surface area contributed by atoms with Gasteiger partial charge in [0.1, 0.15) is 29.1 Å². The highest BCUT2D eigenvalue weighted by Crippen LogP contribution is 2.35. The average Bonchev–Trinajstić information content (AvgIpc) is 2.71. The number of hydrogen-bond acceptors (Lipinski definition) is 6. The molecule has 0 aliphatic carbocycles. The van der Waals surface area contributed by atoms with E-state index in [4.69, 9.17) is 18.9 Å². The van der Waals surface area contributed by atoms with Crippen LogP contribution in [-0.2, 0) is 18.3 Å². The van der Waals surface area contributed by atoms with Crippen molar-refractivity contribution in [2.24, 2.45) is 7.05 Å². The van der Waals surface area contributed by atoms with Gasteiger partial charge >= 0.3 is 0 Å². The Morgan fingerprint density at radius 1 is 1.00 bits per heavy atom. The molecule has 1 aromatic heterocycles. The highest BCUT2D eigenvalue weighted by atomic mass is 16.5. The van der Waals surface area contributed by atoms with Crippen LogP contribution in [0.1, 0.15) is 17.7 Å². The van der Waals surface area contributed by atoms with E-state index < -0.39 is 0 Å². The Balaban J connectivity index is 1.56. The van der Waals surface area contributed by atoms with Gasteiger partial charge in [0, 0.05) is 42.9 Å². The van der Waals surface area contributed by atoms with Gasteiger partial charge in [-0.3, -0.25) is 9.59 Å². The van der Waals surface area contributed by atoms with E-state index in [1.807, 2.05) is 13.0 Å². The lowest BCUT2D eigenvalue weighted by molar-refractivity contribution is -0.139. The van der Waals surface area contributed by atoms with Crippen molar-refractivity contribution in [3.05, 3.63) is 45.9 Å². The summed E-state index contributed by atoms with van der Waals surface area (Å²) in [6.45, 7) is 2.86. The molecule has 1 aliphatic heterocycles. The molecule has 0 radical (unpaired) electrons. The molecule has 1 saturated heterocycles. The Morgan fingerprint density at radius 3 is 2.17 bits per heavy atom. The monoisotopic (exact) mass is 416 g/mol. The fraction of sp³-hybridized carbons (Fsp3) is 0.455. The number of ether oxygens (including phenoxy) is 4. The molecule has 8 heteroatoms. The van der Waals surface area contributed by atoms with Crippen molar-refractivity contribution in [2.75, 3.05) is 34.4 Å². The third-order valence-electron chi connectivity index (χ3n) is 5.39. The SMILES string of the molecule is COc1cc(OC)c(CCC(=O)N2CC(Oc3cc(C)n(C)c(=O)c3)C2)c(OC)c1. The van der Waals surface area contributed by atoms with Gasteiger partial charge in [0.15, 0.2) is 0 Å².